The third-order valence-corrected chi connectivity index (χ3v) is 3.70. The molecule has 0 aromatic heterocycles. The molecule has 3 rings (SSSR count). The largest absolute Gasteiger partial charge is 0.423 e. The summed E-state index contributed by atoms with van der Waals surface area (Å²) in [6.45, 7) is 0. The van der Waals surface area contributed by atoms with Gasteiger partial charge >= 0.3 is 5.97 Å². The van der Waals surface area contributed by atoms with Crippen molar-refractivity contribution in [2.45, 2.75) is 0 Å². The van der Waals surface area contributed by atoms with Crippen LogP contribution in [0.2, 0.25) is 0 Å². The van der Waals surface area contributed by atoms with Crippen LogP contribution in [0.25, 0.3) is 16.8 Å². The smallest absolute Gasteiger partial charge is 0.336 e. The summed E-state index contributed by atoms with van der Waals surface area (Å²) >= 11 is 3.44. The summed E-state index contributed by atoms with van der Waals surface area (Å²) in [5.41, 5.74) is 0.961. The van der Waals surface area contributed by atoms with E-state index >= 15 is 0 Å². The number of benzene rings is 3. The highest BCUT2D eigenvalue weighted by Crippen LogP contribution is 2.24. The maximum absolute atomic E-state index is 11.9. The highest BCUT2D eigenvalue weighted by Gasteiger charge is 2.02. The average molecular weight is 353 g/mol. The maximum Gasteiger partial charge on any atom is 0.336 e. The number of halogens is 1. The molecular formula is C19H13BrO2. The van der Waals surface area contributed by atoms with Crippen LogP contribution in [-0.4, -0.2) is 5.97 Å². The Bertz CT molecular complexity index is 838. The van der Waals surface area contributed by atoms with Crippen LogP contribution in [0.15, 0.2) is 77.3 Å². The molecule has 0 aliphatic carbocycles. The second-order valence-corrected chi connectivity index (χ2v) is 5.73. The first kappa shape index (κ1) is 14.5. The van der Waals surface area contributed by atoms with Crippen molar-refractivity contribution in [2.24, 2.45) is 0 Å². The molecule has 0 unspecified atom stereocenters. The predicted molar refractivity (Wildman–Crippen MR) is 92.8 cm³/mol. The predicted octanol–water partition coefficient (Wildman–Crippen LogP) is 5.22. The van der Waals surface area contributed by atoms with E-state index in [9.17, 15) is 4.79 Å². The van der Waals surface area contributed by atoms with Gasteiger partial charge in [0.05, 0.1) is 0 Å². The van der Waals surface area contributed by atoms with Crippen molar-refractivity contribution < 1.29 is 9.53 Å². The lowest BCUT2D eigenvalue weighted by Gasteiger charge is -2.04. The van der Waals surface area contributed by atoms with Gasteiger partial charge in [-0.15, -0.1) is 0 Å². The van der Waals surface area contributed by atoms with Gasteiger partial charge in [0.25, 0.3) is 0 Å². The Balaban J connectivity index is 1.74. The molecule has 0 aliphatic rings. The summed E-state index contributed by atoms with van der Waals surface area (Å²) < 4.78 is 6.36. The van der Waals surface area contributed by atoms with E-state index in [0.717, 1.165) is 20.8 Å². The first-order valence-corrected chi connectivity index (χ1v) is 7.64. The van der Waals surface area contributed by atoms with Crippen molar-refractivity contribution in [3.05, 3.63) is 82.8 Å². The lowest BCUT2D eigenvalue weighted by molar-refractivity contribution is -0.128. The van der Waals surface area contributed by atoms with Gasteiger partial charge in [0.2, 0.25) is 0 Å². The molecule has 0 radical (unpaired) electrons. The van der Waals surface area contributed by atoms with Crippen LogP contribution >= 0.6 is 15.9 Å². The van der Waals surface area contributed by atoms with Gasteiger partial charge in [0.15, 0.2) is 0 Å². The van der Waals surface area contributed by atoms with E-state index in [4.69, 9.17) is 4.74 Å². The minimum Gasteiger partial charge on any atom is -0.423 e. The summed E-state index contributed by atoms with van der Waals surface area (Å²) in [6.07, 6.45) is 3.17. The molecule has 0 bridgehead atoms. The first-order chi connectivity index (χ1) is 10.7. The lowest BCUT2D eigenvalue weighted by Crippen LogP contribution is -2.03. The zero-order chi connectivity index (χ0) is 15.4. The number of hydrogen-bond acceptors (Lipinski definition) is 2. The third-order valence-electron chi connectivity index (χ3n) is 3.20. The molecule has 0 N–H and O–H groups in total. The van der Waals surface area contributed by atoms with Gasteiger partial charge in [-0.25, -0.2) is 4.79 Å². The van der Waals surface area contributed by atoms with E-state index in [1.165, 1.54) is 6.08 Å². The normalized spacial score (nSPS) is 11.0. The Kier molecular flexibility index (Phi) is 4.35. The van der Waals surface area contributed by atoms with E-state index < -0.39 is 0 Å². The van der Waals surface area contributed by atoms with Crippen molar-refractivity contribution >= 4 is 38.7 Å². The number of fused-ring (bicyclic) bond motifs is 1. The molecule has 0 saturated heterocycles. The molecule has 0 fully saturated rings. The van der Waals surface area contributed by atoms with Crippen molar-refractivity contribution in [3.63, 3.8) is 0 Å². The summed E-state index contributed by atoms with van der Waals surface area (Å²) in [6, 6.07) is 21.2. The highest BCUT2D eigenvalue weighted by molar-refractivity contribution is 9.10. The van der Waals surface area contributed by atoms with E-state index in [-0.39, 0.29) is 5.97 Å². The molecule has 0 aliphatic heterocycles. The van der Waals surface area contributed by atoms with E-state index in [0.29, 0.717) is 5.75 Å². The third kappa shape index (κ3) is 3.62. The number of esters is 1. The Hall–Kier alpha value is -2.39. The summed E-state index contributed by atoms with van der Waals surface area (Å²) in [4.78, 5) is 11.9. The highest BCUT2D eigenvalue weighted by atomic mass is 79.9. The molecule has 0 spiro atoms. The molecule has 0 amide bonds. The fourth-order valence-corrected chi connectivity index (χ4v) is 2.52. The molecule has 2 nitrogen and oxygen atoms in total. The fraction of sp³-hybridized carbons (Fsp3) is 0. The van der Waals surface area contributed by atoms with Crippen LogP contribution in [-0.2, 0) is 4.79 Å². The van der Waals surface area contributed by atoms with Gasteiger partial charge in [-0.05, 0) is 46.7 Å². The maximum atomic E-state index is 11.9. The van der Waals surface area contributed by atoms with Crippen LogP contribution in [0.4, 0.5) is 0 Å². The standard InChI is InChI=1S/C19H13BrO2/c20-17-9-7-16-13-18(10-8-15(16)12-17)22-19(21)11-6-14-4-2-1-3-5-14/h1-13H. The van der Waals surface area contributed by atoms with E-state index in [1.54, 1.807) is 12.1 Å². The number of ether oxygens (including phenoxy) is 1. The molecule has 3 aromatic rings. The monoisotopic (exact) mass is 352 g/mol. The van der Waals surface area contributed by atoms with Crippen molar-refractivity contribution in [1.82, 2.24) is 0 Å². The van der Waals surface area contributed by atoms with Gasteiger partial charge < -0.3 is 4.74 Å². The zero-order valence-corrected chi connectivity index (χ0v) is 13.3. The quantitative estimate of drug-likeness (QED) is 0.367. The van der Waals surface area contributed by atoms with Gasteiger partial charge in [-0.1, -0.05) is 58.4 Å². The molecule has 22 heavy (non-hydrogen) atoms. The summed E-state index contributed by atoms with van der Waals surface area (Å²) in [7, 11) is 0. The SMILES string of the molecule is O=C(C=Cc1ccccc1)Oc1ccc2cc(Br)ccc2c1. The lowest BCUT2D eigenvalue weighted by atomic mass is 10.1. The molecule has 0 heterocycles. The molecule has 3 aromatic carbocycles. The molecule has 0 saturated carbocycles. The van der Waals surface area contributed by atoms with Gasteiger partial charge in [0.1, 0.15) is 5.75 Å². The molecule has 108 valence electrons. The number of carbonyl (C=O) groups excluding carboxylic acids is 1. The average Bonchev–Trinajstić information content (AvgIpc) is 2.54. The van der Waals surface area contributed by atoms with Crippen LogP contribution < -0.4 is 4.74 Å². The minimum absolute atomic E-state index is 0.389. The molecular weight excluding hydrogens is 340 g/mol. The fourth-order valence-electron chi connectivity index (χ4n) is 2.14. The second-order valence-electron chi connectivity index (χ2n) is 4.82. The topological polar surface area (TPSA) is 26.3 Å². The number of hydrogen-bond donors (Lipinski definition) is 0. The van der Waals surface area contributed by atoms with Crippen LogP contribution in [0.5, 0.6) is 5.75 Å². The summed E-state index contributed by atoms with van der Waals surface area (Å²) in [5, 5.41) is 2.12. The van der Waals surface area contributed by atoms with Gasteiger partial charge in [-0.3, -0.25) is 0 Å². The molecule has 3 heteroatoms. The molecule has 0 atom stereocenters. The Morgan fingerprint density at radius 2 is 1.64 bits per heavy atom. The van der Waals surface area contributed by atoms with Gasteiger partial charge in [0, 0.05) is 10.5 Å². The van der Waals surface area contributed by atoms with Crippen LogP contribution in [0.3, 0.4) is 0 Å². The van der Waals surface area contributed by atoms with E-state index in [1.807, 2.05) is 60.7 Å². The second kappa shape index (κ2) is 6.58. The minimum atomic E-state index is -0.389. The summed E-state index contributed by atoms with van der Waals surface area (Å²) in [5.74, 6) is 0.151. The van der Waals surface area contributed by atoms with Crippen molar-refractivity contribution in [3.8, 4) is 5.75 Å². The Labute approximate surface area is 137 Å². The zero-order valence-electron chi connectivity index (χ0n) is 11.7. The van der Waals surface area contributed by atoms with Crippen LogP contribution in [0, 0.1) is 0 Å². The Morgan fingerprint density at radius 1 is 0.909 bits per heavy atom. The van der Waals surface area contributed by atoms with Crippen molar-refractivity contribution in [2.75, 3.05) is 0 Å². The van der Waals surface area contributed by atoms with Gasteiger partial charge in [-0.2, -0.15) is 0 Å². The number of rotatable bonds is 3. The first-order valence-electron chi connectivity index (χ1n) is 6.85. The number of carbonyl (C=O) groups is 1. The van der Waals surface area contributed by atoms with Crippen LogP contribution in [0.1, 0.15) is 5.56 Å². The van der Waals surface area contributed by atoms with Crippen molar-refractivity contribution in [1.29, 1.82) is 0 Å². The Morgan fingerprint density at radius 3 is 2.45 bits per heavy atom. The van der Waals surface area contributed by atoms with E-state index in [2.05, 4.69) is 15.9 Å².